The fourth-order valence-electron chi connectivity index (χ4n) is 4.23. The fourth-order valence-corrected chi connectivity index (χ4v) is 5.65. The van der Waals surface area contributed by atoms with Gasteiger partial charge in [0.2, 0.25) is 5.91 Å². The number of carbonyl (C=O) groups excluding carboxylic acids is 1. The van der Waals surface area contributed by atoms with Crippen molar-refractivity contribution in [3.63, 3.8) is 0 Å². The van der Waals surface area contributed by atoms with Crippen LogP contribution in [0, 0.1) is 13.8 Å². The molecule has 8 heteroatoms. The lowest BCUT2D eigenvalue weighted by Gasteiger charge is -2.27. The first kappa shape index (κ1) is 27.7. The Bertz CT molecular complexity index is 1520. The summed E-state index contributed by atoms with van der Waals surface area (Å²) < 4.78 is 39.8. The maximum atomic E-state index is 14.0. The number of rotatable bonds is 10. The molecule has 39 heavy (non-hydrogen) atoms. The quantitative estimate of drug-likeness (QED) is 0.288. The Balaban J connectivity index is 1.75. The number of benzene rings is 4. The molecule has 7 nitrogen and oxygen atoms in total. The number of amides is 1. The van der Waals surface area contributed by atoms with Crippen LogP contribution in [0.5, 0.6) is 11.5 Å². The molecule has 0 spiro atoms. The minimum Gasteiger partial charge on any atom is -0.497 e. The van der Waals surface area contributed by atoms with Gasteiger partial charge in [0, 0.05) is 6.07 Å². The number of nitrogens with one attached hydrogen (secondary N) is 1. The first-order valence-electron chi connectivity index (χ1n) is 12.4. The highest BCUT2D eigenvalue weighted by molar-refractivity contribution is 7.92. The molecule has 1 amide bonds. The van der Waals surface area contributed by atoms with Gasteiger partial charge >= 0.3 is 0 Å². The highest BCUT2D eigenvalue weighted by atomic mass is 32.2. The third-order valence-electron chi connectivity index (χ3n) is 6.40. The van der Waals surface area contributed by atoms with Crippen LogP contribution in [0.1, 0.15) is 28.3 Å². The van der Waals surface area contributed by atoms with Crippen LogP contribution in [0.2, 0.25) is 0 Å². The molecule has 0 saturated heterocycles. The average Bonchev–Trinajstić information content (AvgIpc) is 2.95. The summed E-state index contributed by atoms with van der Waals surface area (Å²) >= 11 is 0. The highest BCUT2D eigenvalue weighted by Crippen LogP contribution is 2.36. The molecule has 1 atom stereocenters. The number of carbonyl (C=O) groups is 1. The summed E-state index contributed by atoms with van der Waals surface area (Å²) in [5.74, 6) is 0.236. The molecule has 202 valence electrons. The number of nitrogens with zero attached hydrogens (tertiary/aromatic N) is 1. The Labute approximate surface area is 230 Å². The molecule has 0 saturated carbocycles. The third-order valence-corrected chi connectivity index (χ3v) is 8.17. The Morgan fingerprint density at radius 1 is 0.795 bits per heavy atom. The number of anilines is 1. The van der Waals surface area contributed by atoms with Gasteiger partial charge in [0.15, 0.2) is 0 Å². The monoisotopic (exact) mass is 544 g/mol. The number of methoxy groups -OCH3 is 2. The van der Waals surface area contributed by atoms with Gasteiger partial charge in [-0.05, 0) is 49.2 Å². The summed E-state index contributed by atoms with van der Waals surface area (Å²) in [5, 5.41) is 3.05. The first-order chi connectivity index (χ1) is 18.7. The molecule has 4 rings (SSSR count). The van der Waals surface area contributed by atoms with Crippen LogP contribution < -0.4 is 19.1 Å². The number of sulfonamides is 1. The molecule has 0 radical (unpaired) electrons. The van der Waals surface area contributed by atoms with Gasteiger partial charge in [-0.25, -0.2) is 8.42 Å². The van der Waals surface area contributed by atoms with Crippen molar-refractivity contribution < 1.29 is 22.7 Å². The van der Waals surface area contributed by atoms with Gasteiger partial charge in [-0.15, -0.1) is 0 Å². The second kappa shape index (κ2) is 12.0. The summed E-state index contributed by atoms with van der Waals surface area (Å²) in [5.41, 5.74) is 3.96. The van der Waals surface area contributed by atoms with Gasteiger partial charge in [0.05, 0.1) is 30.8 Å². The lowest BCUT2D eigenvalue weighted by Crippen LogP contribution is -2.42. The third kappa shape index (κ3) is 6.41. The van der Waals surface area contributed by atoms with Gasteiger partial charge in [-0.2, -0.15) is 0 Å². The van der Waals surface area contributed by atoms with Crippen LogP contribution >= 0.6 is 0 Å². The van der Waals surface area contributed by atoms with Gasteiger partial charge in [0.1, 0.15) is 18.0 Å². The van der Waals surface area contributed by atoms with E-state index in [4.69, 9.17) is 9.47 Å². The Kier molecular flexibility index (Phi) is 8.56. The van der Waals surface area contributed by atoms with Gasteiger partial charge in [0.25, 0.3) is 10.0 Å². The minimum atomic E-state index is -4.16. The number of hydrogen-bond acceptors (Lipinski definition) is 5. The van der Waals surface area contributed by atoms with E-state index in [0.717, 1.165) is 26.6 Å². The van der Waals surface area contributed by atoms with Crippen LogP contribution in [-0.2, 0) is 14.8 Å². The van der Waals surface area contributed by atoms with Crippen molar-refractivity contribution in [3.05, 3.63) is 119 Å². The van der Waals surface area contributed by atoms with Gasteiger partial charge in [-0.3, -0.25) is 9.10 Å². The smallest absolute Gasteiger partial charge is 0.264 e. The molecule has 1 N–H and O–H groups in total. The van der Waals surface area contributed by atoms with Crippen LogP contribution in [0.25, 0.3) is 0 Å². The van der Waals surface area contributed by atoms with Crippen LogP contribution in [0.3, 0.4) is 0 Å². The summed E-state index contributed by atoms with van der Waals surface area (Å²) in [6.07, 6.45) is 0. The second-order valence-corrected chi connectivity index (χ2v) is 11.0. The van der Waals surface area contributed by atoms with E-state index in [1.54, 1.807) is 30.3 Å². The Morgan fingerprint density at radius 2 is 1.38 bits per heavy atom. The number of hydrogen-bond donors (Lipinski definition) is 1. The highest BCUT2D eigenvalue weighted by Gasteiger charge is 2.31. The van der Waals surface area contributed by atoms with E-state index in [-0.39, 0.29) is 16.3 Å². The number of ether oxygens (including phenoxy) is 2. The molecule has 0 aliphatic rings. The van der Waals surface area contributed by atoms with Crippen molar-refractivity contribution in [2.45, 2.75) is 24.8 Å². The Morgan fingerprint density at radius 3 is 1.97 bits per heavy atom. The molecule has 4 aromatic rings. The summed E-state index contributed by atoms with van der Waals surface area (Å²) in [4.78, 5) is 13.7. The molecule has 0 fully saturated rings. The molecule has 0 bridgehead atoms. The van der Waals surface area contributed by atoms with E-state index < -0.39 is 28.5 Å². The van der Waals surface area contributed by atoms with E-state index >= 15 is 0 Å². The zero-order valence-corrected chi connectivity index (χ0v) is 23.2. The normalized spacial score (nSPS) is 11.9. The summed E-state index contributed by atoms with van der Waals surface area (Å²) in [7, 11) is -1.22. The lowest BCUT2D eigenvalue weighted by molar-refractivity contribution is -0.120. The predicted octanol–water partition coefficient (Wildman–Crippen LogP) is 5.42. The molecule has 0 unspecified atom stereocenters. The molecule has 0 aromatic heterocycles. The zero-order chi connectivity index (χ0) is 28.0. The Hall–Kier alpha value is -4.30. The largest absolute Gasteiger partial charge is 0.497 e. The average molecular weight is 545 g/mol. The number of aryl methyl sites for hydroxylation is 2. The molecule has 0 aliphatic carbocycles. The minimum absolute atomic E-state index is 0.0592. The summed E-state index contributed by atoms with van der Waals surface area (Å²) in [6.45, 7) is 3.39. The van der Waals surface area contributed by atoms with E-state index in [9.17, 15) is 13.2 Å². The van der Waals surface area contributed by atoms with Crippen molar-refractivity contribution >= 4 is 21.6 Å². The topological polar surface area (TPSA) is 84.9 Å². The molecule has 0 aliphatic heterocycles. The van der Waals surface area contributed by atoms with E-state index in [0.29, 0.717) is 5.75 Å². The fraction of sp³-hybridized carbons (Fsp3) is 0.194. The van der Waals surface area contributed by atoms with Crippen molar-refractivity contribution in [3.8, 4) is 11.5 Å². The molecule has 0 heterocycles. The van der Waals surface area contributed by atoms with Gasteiger partial charge < -0.3 is 14.8 Å². The maximum absolute atomic E-state index is 14.0. The van der Waals surface area contributed by atoms with Crippen molar-refractivity contribution in [1.29, 1.82) is 0 Å². The van der Waals surface area contributed by atoms with E-state index in [1.165, 1.54) is 26.4 Å². The maximum Gasteiger partial charge on any atom is 0.264 e. The molecular formula is C31H32N2O5S. The SMILES string of the molecule is COc1ccc(OC)c(N(CC(=O)N[C@@H](c2ccccc2)c2ccc(C)cc2)S(=O)(=O)c2ccc(C)cc2)c1. The van der Waals surface area contributed by atoms with Crippen LogP contribution in [0.15, 0.2) is 102 Å². The van der Waals surface area contributed by atoms with Crippen LogP contribution in [-0.4, -0.2) is 35.1 Å². The van der Waals surface area contributed by atoms with Crippen molar-refractivity contribution in [2.24, 2.45) is 0 Å². The van der Waals surface area contributed by atoms with Crippen molar-refractivity contribution in [2.75, 3.05) is 25.1 Å². The van der Waals surface area contributed by atoms with Crippen LogP contribution in [0.4, 0.5) is 5.69 Å². The predicted molar refractivity (Wildman–Crippen MR) is 153 cm³/mol. The van der Waals surface area contributed by atoms with E-state index in [1.807, 2.05) is 68.4 Å². The summed E-state index contributed by atoms with van der Waals surface area (Å²) in [6, 6.07) is 28.3. The molecule has 4 aromatic carbocycles. The lowest BCUT2D eigenvalue weighted by atomic mass is 9.98. The standard InChI is InChI=1S/C31H32N2O5S/c1-22-10-14-25(15-11-22)31(24-8-6-5-7-9-24)32-30(34)21-33(28-20-26(37-3)16-19-29(28)38-4)39(35,36)27-17-12-23(2)13-18-27/h5-20,31H,21H2,1-4H3,(H,32,34)/t31-/m0/s1. The second-order valence-electron chi connectivity index (χ2n) is 9.18. The van der Waals surface area contributed by atoms with E-state index in [2.05, 4.69) is 5.32 Å². The molecular weight excluding hydrogens is 512 g/mol. The zero-order valence-electron chi connectivity index (χ0n) is 22.4. The van der Waals surface area contributed by atoms with Gasteiger partial charge in [-0.1, -0.05) is 77.9 Å². The van der Waals surface area contributed by atoms with Crippen molar-refractivity contribution in [1.82, 2.24) is 5.32 Å². The first-order valence-corrected chi connectivity index (χ1v) is 13.9.